The molecule has 0 bridgehead atoms. The summed E-state index contributed by atoms with van der Waals surface area (Å²) in [4.78, 5) is 14.3. The van der Waals surface area contributed by atoms with Crippen LogP contribution in [0.4, 0.5) is 20.3 Å². The fourth-order valence-electron chi connectivity index (χ4n) is 3.59. The number of rotatable bonds is 8. The second kappa shape index (κ2) is 10.5. The number of anilines is 2. The van der Waals surface area contributed by atoms with Gasteiger partial charge in [0.15, 0.2) is 5.82 Å². The van der Waals surface area contributed by atoms with Crippen molar-refractivity contribution < 1.29 is 13.5 Å². The van der Waals surface area contributed by atoms with Gasteiger partial charge in [-0.1, -0.05) is 0 Å². The lowest BCUT2D eigenvalue weighted by atomic mass is 10.1. The number of alkyl halides is 2. The monoisotopic (exact) mass is 476 g/mol. The van der Waals surface area contributed by atoms with Gasteiger partial charge in [-0.3, -0.25) is 5.01 Å². The van der Waals surface area contributed by atoms with Crippen LogP contribution in [0.3, 0.4) is 0 Å². The zero-order valence-electron chi connectivity index (χ0n) is 19.2. The molecule has 34 heavy (non-hydrogen) atoms. The number of nitrogens with two attached hydrogens (primary N) is 4. The summed E-state index contributed by atoms with van der Waals surface area (Å²) in [6, 6.07) is 4.95. The van der Waals surface area contributed by atoms with Gasteiger partial charge in [0.1, 0.15) is 12.9 Å². The SMILES string of the molecule is Cc1nc(/C(N)=C(\COc2cc(N(N)/C=C\N)ncn2)N(C)N)ccc1N1CCCC(F)(F)C1. The minimum absolute atomic E-state index is 0.0204. The fourth-order valence-corrected chi connectivity index (χ4v) is 3.59. The minimum atomic E-state index is -2.71. The molecule has 0 aliphatic carbocycles. The van der Waals surface area contributed by atoms with Gasteiger partial charge in [0, 0.05) is 38.5 Å². The molecule has 0 spiro atoms. The maximum atomic E-state index is 13.9. The van der Waals surface area contributed by atoms with Gasteiger partial charge in [-0.05, 0) is 25.5 Å². The minimum Gasteiger partial charge on any atom is -0.471 e. The Morgan fingerprint density at radius 1 is 1.29 bits per heavy atom. The van der Waals surface area contributed by atoms with Crippen LogP contribution in [-0.4, -0.2) is 52.6 Å². The third kappa shape index (κ3) is 5.99. The van der Waals surface area contributed by atoms with Crippen LogP contribution >= 0.6 is 0 Å². The molecule has 1 aliphatic rings. The van der Waals surface area contributed by atoms with Crippen LogP contribution in [0.15, 0.2) is 42.6 Å². The molecular weight excluding hydrogens is 446 g/mol. The molecular formula is C21H30F2N10O. The summed E-state index contributed by atoms with van der Waals surface area (Å²) in [6.07, 6.45) is 4.31. The van der Waals surface area contributed by atoms with Crippen molar-refractivity contribution in [3.05, 3.63) is 54.0 Å². The molecule has 0 amide bonds. The van der Waals surface area contributed by atoms with Crippen molar-refractivity contribution in [2.75, 3.05) is 36.7 Å². The first-order valence-electron chi connectivity index (χ1n) is 10.6. The summed E-state index contributed by atoms with van der Waals surface area (Å²) < 4.78 is 33.5. The number of ether oxygens (including phenoxy) is 1. The molecule has 13 heteroatoms. The third-order valence-electron chi connectivity index (χ3n) is 5.30. The van der Waals surface area contributed by atoms with Crippen molar-refractivity contribution in [3.8, 4) is 5.88 Å². The van der Waals surface area contributed by atoms with E-state index in [4.69, 9.17) is 27.9 Å². The second-order valence-electron chi connectivity index (χ2n) is 7.91. The van der Waals surface area contributed by atoms with Crippen molar-refractivity contribution in [2.24, 2.45) is 23.2 Å². The van der Waals surface area contributed by atoms with Gasteiger partial charge in [0.05, 0.1) is 35.0 Å². The highest BCUT2D eigenvalue weighted by atomic mass is 19.3. The summed E-state index contributed by atoms with van der Waals surface area (Å²) in [5, 5.41) is 2.53. The quantitative estimate of drug-likeness (QED) is 0.318. The Kier molecular flexibility index (Phi) is 7.68. The summed E-state index contributed by atoms with van der Waals surface area (Å²) >= 11 is 0. The van der Waals surface area contributed by atoms with Crippen molar-refractivity contribution in [3.63, 3.8) is 0 Å². The molecule has 0 saturated carbocycles. The molecule has 0 unspecified atom stereocenters. The average molecular weight is 477 g/mol. The van der Waals surface area contributed by atoms with Gasteiger partial charge in [-0.25, -0.2) is 35.4 Å². The number of pyridine rings is 1. The summed E-state index contributed by atoms with van der Waals surface area (Å²) in [7, 11) is 1.61. The number of likely N-dealkylation sites (N-methyl/N-ethyl adjacent to an activating group) is 1. The average Bonchev–Trinajstić information content (AvgIpc) is 2.78. The van der Waals surface area contributed by atoms with Gasteiger partial charge in [-0.2, -0.15) is 0 Å². The molecule has 3 rings (SSSR count). The maximum Gasteiger partial charge on any atom is 0.265 e. The summed E-state index contributed by atoms with van der Waals surface area (Å²) in [5.41, 5.74) is 14.1. The van der Waals surface area contributed by atoms with E-state index in [0.717, 1.165) is 0 Å². The van der Waals surface area contributed by atoms with Gasteiger partial charge in [-0.15, -0.1) is 0 Å². The van der Waals surface area contributed by atoms with Gasteiger partial charge >= 0.3 is 0 Å². The zero-order valence-corrected chi connectivity index (χ0v) is 19.2. The van der Waals surface area contributed by atoms with Crippen LogP contribution in [0.2, 0.25) is 0 Å². The molecule has 184 valence electrons. The molecule has 8 N–H and O–H groups in total. The van der Waals surface area contributed by atoms with Crippen LogP contribution in [0.5, 0.6) is 5.88 Å². The smallest absolute Gasteiger partial charge is 0.265 e. The molecule has 1 fully saturated rings. The Hall–Kier alpha value is -3.71. The van der Waals surface area contributed by atoms with E-state index < -0.39 is 5.92 Å². The predicted molar refractivity (Wildman–Crippen MR) is 126 cm³/mol. The first-order chi connectivity index (χ1) is 16.1. The van der Waals surface area contributed by atoms with Crippen LogP contribution in [0, 0.1) is 6.92 Å². The zero-order chi connectivity index (χ0) is 24.9. The Bertz CT molecular complexity index is 1060. The van der Waals surface area contributed by atoms with Crippen LogP contribution < -0.4 is 37.8 Å². The van der Waals surface area contributed by atoms with E-state index in [1.54, 1.807) is 31.0 Å². The summed E-state index contributed by atoms with van der Waals surface area (Å²) in [6.45, 7) is 1.97. The maximum absolute atomic E-state index is 13.9. The second-order valence-corrected chi connectivity index (χ2v) is 7.91. The standard InChI is InChI=1S/C21H30F2N10O/c1-14-16(32-8-3-6-21(22,23)12-32)5-4-15(30-14)20(25)17(31(2)26)11-34-19-10-18(28-13-29-19)33(27)9-7-24/h4-5,7,9-10,13H,3,6,8,11-12,24-27H2,1-2H3/b9-7-,20-17-. The van der Waals surface area contributed by atoms with Crippen LogP contribution in [0.1, 0.15) is 24.2 Å². The molecule has 2 aromatic heterocycles. The summed E-state index contributed by atoms with van der Waals surface area (Å²) in [5.74, 6) is 9.68. The van der Waals surface area contributed by atoms with Crippen LogP contribution in [-0.2, 0) is 0 Å². The first-order valence-corrected chi connectivity index (χ1v) is 10.6. The van der Waals surface area contributed by atoms with E-state index in [2.05, 4.69) is 15.0 Å². The number of hydrazine groups is 2. The van der Waals surface area contributed by atoms with E-state index in [9.17, 15) is 8.78 Å². The molecule has 0 aromatic carbocycles. The van der Waals surface area contributed by atoms with Gasteiger partial charge < -0.3 is 26.1 Å². The van der Waals surface area contributed by atoms with Gasteiger partial charge in [0.2, 0.25) is 5.88 Å². The Morgan fingerprint density at radius 3 is 2.71 bits per heavy atom. The van der Waals surface area contributed by atoms with Gasteiger partial charge in [0.25, 0.3) is 5.92 Å². The largest absolute Gasteiger partial charge is 0.471 e. The highest BCUT2D eigenvalue weighted by Crippen LogP contribution is 2.31. The lowest BCUT2D eigenvalue weighted by Gasteiger charge is -2.34. The lowest BCUT2D eigenvalue weighted by molar-refractivity contribution is -0.0117. The van der Waals surface area contributed by atoms with E-state index in [1.165, 1.54) is 34.8 Å². The first kappa shape index (κ1) is 24.9. The van der Waals surface area contributed by atoms with Crippen molar-refractivity contribution >= 4 is 17.2 Å². The highest BCUT2D eigenvalue weighted by Gasteiger charge is 2.35. The lowest BCUT2D eigenvalue weighted by Crippen LogP contribution is -2.43. The third-order valence-corrected chi connectivity index (χ3v) is 5.30. The molecule has 1 aliphatic heterocycles. The van der Waals surface area contributed by atoms with E-state index in [1.807, 2.05) is 0 Å². The number of hydrogen-bond donors (Lipinski definition) is 4. The molecule has 2 aromatic rings. The normalized spacial score (nSPS) is 16.4. The Balaban J connectivity index is 1.80. The van der Waals surface area contributed by atoms with Crippen LogP contribution in [0.25, 0.3) is 5.70 Å². The fraction of sp³-hybridized carbons (Fsp3) is 0.381. The van der Waals surface area contributed by atoms with Crippen molar-refractivity contribution in [2.45, 2.75) is 25.7 Å². The Morgan fingerprint density at radius 2 is 2.06 bits per heavy atom. The molecule has 0 atom stereocenters. The number of aromatic nitrogens is 3. The number of halogens is 2. The molecule has 1 saturated heterocycles. The van der Waals surface area contributed by atoms with E-state index in [0.29, 0.717) is 41.6 Å². The number of hydrogen-bond acceptors (Lipinski definition) is 11. The van der Waals surface area contributed by atoms with Crippen molar-refractivity contribution in [1.82, 2.24) is 20.0 Å². The number of aryl methyl sites for hydroxylation is 1. The topological polar surface area (TPSA) is 162 Å². The molecule has 11 nitrogen and oxygen atoms in total. The van der Waals surface area contributed by atoms with E-state index in [-0.39, 0.29) is 31.1 Å². The molecule has 0 radical (unpaired) electrons. The number of nitrogens with zero attached hydrogens (tertiary/aromatic N) is 6. The Labute approximate surface area is 196 Å². The highest BCUT2D eigenvalue weighted by molar-refractivity contribution is 5.65. The predicted octanol–water partition coefficient (Wildman–Crippen LogP) is 1.04. The van der Waals surface area contributed by atoms with Crippen molar-refractivity contribution in [1.29, 1.82) is 0 Å². The molecule has 3 heterocycles. The number of piperidine rings is 1. The van der Waals surface area contributed by atoms with E-state index >= 15 is 0 Å².